The summed E-state index contributed by atoms with van der Waals surface area (Å²) in [6, 6.07) is 22.3. The van der Waals surface area contributed by atoms with Crippen molar-refractivity contribution in [3.8, 4) is 11.1 Å². The number of hydrogen-bond acceptors (Lipinski definition) is 0. The summed E-state index contributed by atoms with van der Waals surface area (Å²) in [6.45, 7) is 32.8. The molecule has 0 saturated carbocycles. The number of fused-ring (bicyclic) bond motifs is 5. The van der Waals surface area contributed by atoms with Crippen molar-refractivity contribution < 1.29 is 0 Å². The van der Waals surface area contributed by atoms with Gasteiger partial charge in [0, 0.05) is 5.92 Å². The fourth-order valence-electron chi connectivity index (χ4n) is 8.78. The van der Waals surface area contributed by atoms with Gasteiger partial charge >= 0.3 is 0 Å². The summed E-state index contributed by atoms with van der Waals surface area (Å²) >= 11 is 0. The first-order chi connectivity index (χ1) is 24.1. The van der Waals surface area contributed by atoms with E-state index in [0.29, 0.717) is 41.4 Å². The van der Waals surface area contributed by atoms with Crippen molar-refractivity contribution in [1.29, 1.82) is 0 Å². The normalized spacial score (nSPS) is 14.8. The summed E-state index contributed by atoms with van der Waals surface area (Å²) in [5, 5.41) is 8.29. The van der Waals surface area contributed by atoms with E-state index in [4.69, 9.17) is 0 Å². The van der Waals surface area contributed by atoms with Crippen LogP contribution in [0.25, 0.3) is 44.8 Å². The lowest BCUT2D eigenvalue weighted by atomic mass is 9.69. The highest BCUT2D eigenvalue weighted by atomic mass is 14.3. The topological polar surface area (TPSA) is 0 Å². The van der Waals surface area contributed by atoms with Crippen molar-refractivity contribution in [2.24, 2.45) is 0 Å². The van der Waals surface area contributed by atoms with E-state index in [1.54, 1.807) is 5.56 Å². The van der Waals surface area contributed by atoms with Gasteiger partial charge in [-0.05, 0) is 143 Å². The molecule has 1 aliphatic carbocycles. The second-order valence-corrected chi connectivity index (χ2v) is 17.5. The third-order valence-electron chi connectivity index (χ3n) is 11.8. The maximum atomic E-state index is 2.65. The molecule has 5 aromatic rings. The van der Waals surface area contributed by atoms with Crippen LogP contribution in [0, 0.1) is 6.92 Å². The molecule has 6 rings (SSSR count). The van der Waals surface area contributed by atoms with Crippen LogP contribution in [0.3, 0.4) is 0 Å². The van der Waals surface area contributed by atoms with Gasteiger partial charge in [-0.3, -0.25) is 0 Å². The Labute approximate surface area is 310 Å². The van der Waals surface area contributed by atoms with E-state index in [1.807, 2.05) is 0 Å². The van der Waals surface area contributed by atoms with E-state index < -0.39 is 0 Å². The van der Waals surface area contributed by atoms with Crippen molar-refractivity contribution in [2.75, 3.05) is 0 Å². The van der Waals surface area contributed by atoms with Crippen LogP contribution in [-0.4, -0.2) is 7.28 Å². The zero-order valence-electron chi connectivity index (χ0n) is 34.2. The molecule has 1 heteroatoms. The fraction of sp³-hybridized carbons (Fsp3) is 0.440. The Balaban J connectivity index is 1.62. The molecule has 0 aromatic heterocycles. The van der Waals surface area contributed by atoms with Gasteiger partial charge in [0.25, 0.3) is 0 Å². The van der Waals surface area contributed by atoms with E-state index in [9.17, 15) is 0 Å². The molecule has 51 heavy (non-hydrogen) atoms. The standard InChI is InChI=1S/C50H62B/c1-27(2)36-22-40(29(5)6)49(41(23-36)30(7)8)34-15-17-38-44(20-34)33(13)19-45-46-21-35(16-18-39(46)48(51-14)26-47(38)45)50-42(31(9)10)24-37(28(3)4)25-43(50)32(11)12/h15,17-32,35H,16H2,1-14H3. The number of aryl methyl sites for hydroxylation is 1. The summed E-state index contributed by atoms with van der Waals surface area (Å²) in [5.74, 6) is 3.25. The Morgan fingerprint density at radius 2 is 1.06 bits per heavy atom. The van der Waals surface area contributed by atoms with Gasteiger partial charge < -0.3 is 0 Å². The second kappa shape index (κ2) is 14.4. The molecule has 1 atom stereocenters. The first-order valence-electron chi connectivity index (χ1n) is 20.0. The molecule has 0 spiro atoms. The molecule has 0 heterocycles. The highest BCUT2D eigenvalue weighted by Crippen LogP contribution is 2.42. The molecular weight excluding hydrogens is 611 g/mol. The van der Waals surface area contributed by atoms with Crippen LogP contribution in [-0.2, 0) is 0 Å². The average Bonchev–Trinajstić information content (AvgIpc) is 3.09. The van der Waals surface area contributed by atoms with Crippen molar-refractivity contribution >= 4 is 46.4 Å². The lowest BCUT2D eigenvalue weighted by Gasteiger charge is -2.28. The average molecular weight is 674 g/mol. The summed E-state index contributed by atoms with van der Waals surface area (Å²) < 4.78 is 0. The Morgan fingerprint density at radius 3 is 1.55 bits per heavy atom. The zero-order chi connectivity index (χ0) is 37.0. The Kier molecular flexibility index (Phi) is 10.5. The lowest BCUT2D eigenvalue weighted by molar-refractivity contribution is 0.755. The number of benzene rings is 5. The van der Waals surface area contributed by atoms with Crippen molar-refractivity contribution in [1.82, 2.24) is 0 Å². The highest BCUT2D eigenvalue weighted by molar-refractivity contribution is 6.52. The van der Waals surface area contributed by atoms with Crippen LogP contribution in [0.15, 0.2) is 54.6 Å². The SMILES string of the molecule is C[B]c1cc2c(cc(C)c3cc(-c4c(C(C)C)cc(C(C)C)cc4C(C)C)ccc32)c2c1=CCC(c1c(C(C)C)cc(C(C)C)cc1C(C)C)C=2. The van der Waals surface area contributed by atoms with Crippen LogP contribution < -0.4 is 15.9 Å². The molecule has 5 aromatic carbocycles. The first-order valence-corrected chi connectivity index (χ1v) is 20.0. The van der Waals surface area contributed by atoms with Gasteiger partial charge in [0.2, 0.25) is 0 Å². The highest BCUT2D eigenvalue weighted by Gasteiger charge is 2.25. The number of hydrogen-bond donors (Lipinski definition) is 0. The van der Waals surface area contributed by atoms with Gasteiger partial charge in [0.15, 0.2) is 0 Å². The summed E-state index contributed by atoms with van der Waals surface area (Å²) in [7, 11) is 2.32. The van der Waals surface area contributed by atoms with Crippen molar-refractivity contribution in [3.05, 3.63) is 110 Å². The fourth-order valence-corrected chi connectivity index (χ4v) is 8.78. The lowest BCUT2D eigenvalue weighted by Crippen LogP contribution is -2.43. The van der Waals surface area contributed by atoms with Crippen LogP contribution in [0.2, 0.25) is 6.82 Å². The third-order valence-corrected chi connectivity index (χ3v) is 11.8. The van der Waals surface area contributed by atoms with Gasteiger partial charge in [-0.2, -0.15) is 0 Å². The van der Waals surface area contributed by atoms with Crippen LogP contribution >= 0.6 is 0 Å². The quantitative estimate of drug-likeness (QED) is 0.108. The summed E-state index contributed by atoms with van der Waals surface area (Å²) in [5.41, 5.74) is 16.0. The molecule has 1 unspecified atom stereocenters. The largest absolute Gasteiger partial charge is 0.149 e. The molecule has 0 bridgehead atoms. The van der Waals surface area contributed by atoms with E-state index in [-0.39, 0.29) is 0 Å². The van der Waals surface area contributed by atoms with Crippen molar-refractivity contribution in [3.63, 3.8) is 0 Å². The predicted octanol–water partition coefficient (Wildman–Crippen LogP) is 12.8. The monoisotopic (exact) mass is 673 g/mol. The molecule has 0 nitrogen and oxygen atoms in total. The molecule has 0 saturated heterocycles. The maximum Gasteiger partial charge on any atom is 0.149 e. The van der Waals surface area contributed by atoms with Crippen LogP contribution in [0.4, 0.5) is 0 Å². The van der Waals surface area contributed by atoms with E-state index in [2.05, 4.69) is 171 Å². The van der Waals surface area contributed by atoms with Gasteiger partial charge in [-0.15, -0.1) is 0 Å². The molecule has 0 N–H and O–H groups in total. The first kappa shape index (κ1) is 37.2. The molecule has 0 fully saturated rings. The van der Waals surface area contributed by atoms with E-state index in [1.165, 1.54) is 87.5 Å². The smallest absolute Gasteiger partial charge is 0.0872 e. The molecule has 0 amide bonds. The summed E-state index contributed by atoms with van der Waals surface area (Å²) in [4.78, 5) is 0. The Bertz CT molecular complexity index is 2180. The Hall–Kier alpha value is -3.58. The predicted molar refractivity (Wildman–Crippen MR) is 229 cm³/mol. The minimum absolute atomic E-state index is 0.361. The van der Waals surface area contributed by atoms with Gasteiger partial charge in [0.05, 0.1) is 0 Å². The molecular formula is C50H62B. The molecule has 1 aliphatic rings. The van der Waals surface area contributed by atoms with Crippen LogP contribution in [0.1, 0.15) is 175 Å². The zero-order valence-corrected chi connectivity index (χ0v) is 34.2. The Morgan fingerprint density at radius 1 is 0.529 bits per heavy atom. The maximum absolute atomic E-state index is 2.65. The molecule has 0 aliphatic heterocycles. The van der Waals surface area contributed by atoms with Crippen LogP contribution in [0.5, 0.6) is 0 Å². The van der Waals surface area contributed by atoms with Gasteiger partial charge in [-0.1, -0.05) is 156 Å². The second-order valence-electron chi connectivity index (χ2n) is 17.5. The molecule has 265 valence electrons. The van der Waals surface area contributed by atoms with Gasteiger partial charge in [-0.25, -0.2) is 0 Å². The minimum Gasteiger partial charge on any atom is -0.0872 e. The third kappa shape index (κ3) is 6.76. The minimum atomic E-state index is 0.361. The van der Waals surface area contributed by atoms with E-state index in [0.717, 1.165) is 6.42 Å². The molecule has 1 radical (unpaired) electrons. The van der Waals surface area contributed by atoms with E-state index >= 15 is 0 Å². The van der Waals surface area contributed by atoms with Gasteiger partial charge in [0.1, 0.15) is 7.28 Å². The summed E-state index contributed by atoms with van der Waals surface area (Å²) in [6.07, 6.45) is 6.23. The number of rotatable bonds is 9. The van der Waals surface area contributed by atoms with Crippen molar-refractivity contribution in [2.45, 2.75) is 145 Å².